The number of halogens is 1. The number of hydrogen-bond donors (Lipinski definition) is 1. The summed E-state index contributed by atoms with van der Waals surface area (Å²) in [5.74, 6) is -0.142. The van der Waals surface area contributed by atoms with Crippen LogP contribution in [0.4, 0.5) is 0 Å². The zero-order chi connectivity index (χ0) is 16.5. The molecule has 4 nitrogen and oxygen atoms in total. The molecule has 0 aliphatic rings. The molecule has 1 aromatic rings. The number of nitrogens with zero attached hydrogens (tertiary/aromatic N) is 1. The highest BCUT2D eigenvalue weighted by molar-refractivity contribution is 6.31. The summed E-state index contributed by atoms with van der Waals surface area (Å²) in [6.07, 6.45) is 1.81. The Labute approximate surface area is 137 Å². The summed E-state index contributed by atoms with van der Waals surface area (Å²) in [5, 5.41) is 3.49. The lowest BCUT2D eigenvalue weighted by Crippen LogP contribution is -2.49. The van der Waals surface area contributed by atoms with Crippen LogP contribution in [0.2, 0.25) is 5.02 Å². The fourth-order valence-corrected chi connectivity index (χ4v) is 2.49. The lowest BCUT2D eigenvalue weighted by molar-refractivity contribution is -0.141. The van der Waals surface area contributed by atoms with Crippen molar-refractivity contribution in [1.82, 2.24) is 10.2 Å². The predicted molar refractivity (Wildman–Crippen MR) is 89.7 cm³/mol. The first-order valence-corrected chi connectivity index (χ1v) is 8.23. The molecule has 0 aliphatic heterocycles. The fourth-order valence-electron chi connectivity index (χ4n) is 2.30. The van der Waals surface area contributed by atoms with Crippen molar-refractivity contribution in [1.29, 1.82) is 0 Å². The van der Waals surface area contributed by atoms with Crippen molar-refractivity contribution in [2.24, 2.45) is 0 Å². The van der Waals surface area contributed by atoms with Gasteiger partial charge >= 0.3 is 0 Å². The average molecular weight is 325 g/mol. The summed E-state index contributed by atoms with van der Waals surface area (Å²) in [4.78, 5) is 26.3. The summed E-state index contributed by atoms with van der Waals surface area (Å²) in [6.45, 7) is 6.69. The van der Waals surface area contributed by atoms with Crippen LogP contribution in [-0.4, -0.2) is 29.3 Å². The molecule has 0 fully saturated rings. The standard InChI is InChI=1S/C17H25ClN2O2/c1-4-11-19-17(22)15(5-2)20(16(21)6-3)12-13-9-7-8-10-14(13)18/h7-10,15H,4-6,11-12H2,1-3H3,(H,19,22)/t15-/m0/s1. The highest BCUT2D eigenvalue weighted by Crippen LogP contribution is 2.20. The van der Waals surface area contributed by atoms with Crippen molar-refractivity contribution in [2.45, 2.75) is 52.6 Å². The van der Waals surface area contributed by atoms with Crippen molar-refractivity contribution in [3.05, 3.63) is 34.9 Å². The second-order valence-electron chi connectivity index (χ2n) is 5.18. The van der Waals surface area contributed by atoms with E-state index in [2.05, 4.69) is 5.32 Å². The van der Waals surface area contributed by atoms with Crippen LogP contribution in [0, 0.1) is 0 Å². The molecule has 1 rings (SSSR count). The molecule has 0 heterocycles. The Morgan fingerprint density at radius 2 is 1.91 bits per heavy atom. The van der Waals surface area contributed by atoms with Gasteiger partial charge in [-0.1, -0.05) is 50.6 Å². The van der Waals surface area contributed by atoms with Gasteiger partial charge in [0.15, 0.2) is 0 Å². The van der Waals surface area contributed by atoms with Crippen LogP contribution in [-0.2, 0) is 16.1 Å². The van der Waals surface area contributed by atoms with Crippen LogP contribution >= 0.6 is 11.6 Å². The van der Waals surface area contributed by atoms with E-state index in [0.717, 1.165) is 12.0 Å². The van der Waals surface area contributed by atoms with E-state index in [9.17, 15) is 9.59 Å². The normalized spacial score (nSPS) is 11.8. The van der Waals surface area contributed by atoms with Crippen LogP contribution in [0.1, 0.15) is 45.6 Å². The zero-order valence-corrected chi connectivity index (χ0v) is 14.3. The molecule has 0 unspecified atom stereocenters. The second kappa shape index (κ2) is 9.46. The highest BCUT2D eigenvalue weighted by Gasteiger charge is 2.27. The van der Waals surface area contributed by atoms with Crippen LogP contribution in [0.5, 0.6) is 0 Å². The lowest BCUT2D eigenvalue weighted by Gasteiger charge is -2.30. The summed E-state index contributed by atoms with van der Waals surface area (Å²) in [6, 6.07) is 6.95. The maximum absolute atomic E-state index is 12.3. The van der Waals surface area contributed by atoms with E-state index in [1.54, 1.807) is 17.9 Å². The summed E-state index contributed by atoms with van der Waals surface area (Å²) < 4.78 is 0. The Bertz CT molecular complexity index is 505. The van der Waals surface area contributed by atoms with E-state index in [0.29, 0.717) is 31.0 Å². The number of rotatable bonds is 8. The minimum atomic E-state index is -0.463. The fraction of sp³-hybridized carbons (Fsp3) is 0.529. The van der Waals surface area contributed by atoms with E-state index in [-0.39, 0.29) is 11.8 Å². The van der Waals surface area contributed by atoms with E-state index >= 15 is 0 Å². The topological polar surface area (TPSA) is 49.4 Å². The summed E-state index contributed by atoms with van der Waals surface area (Å²) in [5.41, 5.74) is 0.854. The minimum absolute atomic E-state index is 0.0431. The molecule has 2 amide bonds. The van der Waals surface area contributed by atoms with Crippen molar-refractivity contribution in [2.75, 3.05) is 6.54 Å². The highest BCUT2D eigenvalue weighted by atomic mass is 35.5. The Hall–Kier alpha value is -1.55. The molecule has 22 heavy (non-hydrogen) atoms. The molecule has 0 aromatic heterocycles. The van der Waals surface area contributed by atoms with Gasteiger partial charge in [0.05, 0.1) is 0 Å². The van der Waals surface area contributed by atoms with Gasteiger partial charge in [0.25, 0.3) is 0 Å². The van der Waals surface area contributed by atoms with Crippen molar-refractivity contribution < 1.29 is 9.59 Å². The molecule has 0 radical (unpaired) electrons. The third-order valence-electron chi connectivity index (χ3n) is 3.54. The molecular formula is C17H25ClN2O2. The van der Waals surface area contributed by atoms with Gasteiger partial charge in [0, 0.05) is 24.5 Å². The first kappa shape index (κ1) is 18.5. The molecule has 122 valence electrons. The van der Waals surface area contributed by atoms with E-state index < -0.39 is 6.04 Å². The number of carbonyl (C=O) groups excluding carboxylic acids is 2. The van der Waals surface area contributed by atoms with Crippen LogP contribution in [0.25, 0.3) is 0 Å². The van der Waals surface area contributed by atoms with Crippen LogP contribution in [0.3, 0.4) is 0 Å². The summed E-state index contributed by atoms with van der Waals surface area (Å²) >= 11 is 6.19. The SMILES string of the molecule is CCCNC(=O)[C@H](CC)N(Cc1ccccc1Cl)C(=O)CC. The van der Waals surface area contributed by atoms with Gasteiger partial charge in [-0.25, -0.2) is 0 Å². The number of hydrogen-bond acceptors (Lipinski definition) is 2. The largest absolute Gasteiger partial charge is 0.354 e. The third-order valence-corrected chi connectivity index (χ3v) is 3.90. The molecule has 0 aliphatic carbocycles. The summed E-state index contributed by atoms with van der Waals surface area (Å²) in [7, 11) is 0. The van der Waals surface area contributed by atoms with Gasteiger partial charge in [0.2, 0.25) is 11.8 Å². The number of benzene rings is 1. The van der Waals surface area contributed by atoms with Crippen molar-refractivity contribution >= 4 is 23.4 Å². The van der Waals surface area contributed by atoms with Crippen molar-refractivity contribution in [3.63, 3.8) is 0 Å². The molecule has 0 saturated carbocycles. The minimum Gasteiger partial charge on any atom is -0.354 e. The Morgan fingerprint density at radius 1 is 1.23 bits per heavy atom. The lowest BCUT2D eigenvalue weighted by atomic mass is 10.1. The van der Waals surface area contributed by atoms with Gasteiger partial charge < -0.3 is 10.2 Å². The van der Waals surface area contributed by atoms with E-state index in [1.807, 2.05) is 32.0 Å². The smallest absolute Gasteiger partial charge is 0.242 e. The number of nitrogens with one attached hydrogen (secondary N) is 1. The Morgan fingerprint density at radius 3 is 2.45 bits per heavy atom. The molecule has 1 N–H and O–H groups in total. The first-order chi connectivity index (χ1) is 10.5. The number of amides is 2. The molecule has 0 spiro atoms. The average Bonchev–Trinajstić information content (AvgIpc) is 2.53. The van der Waals surface area contributed by atoms with E-state index in [4.69, 9.17) is 11.6 Å². The van der Waals surface area contributed by atoms with Gasteiger partial charge in [0.1, 0.15) is 6.04 Å². The van der Waals surface area contributed by atoms with Gasteiger partial charge in [-0.05, 0) is 24.5 Å². The molecule has 1 aromatic carbocycles. The second-order valence-corrected chi connectivity index (χ2v) is 5.59. The van der Waals surface area contributed by atoms with Gasteiger partial charge in [-0.3, -0.25) is 9.59 Å². The van der Waals surface area contributed by atoms with Crippen LogP contribution < -0.4 is 5.32 Å². The molecule has 0 bridgehead atoms. The van der Waals surface area contributed by atoms with E-state index in [1.165, 1.54) is 0 Å². The maximum Gasteiger partial charge on any atom is 0.242 e. The Balaban J connectivity index is 2.98. The molecule has 1 atom stereocenters. The zero-order valence-electron chi connectivity index (χ0n) is 13.6. The molecular weight excluding hydrogens is 300 g/mol. The monoisotopic (exact) mass is 324 g/mol. The number of carbonyl (C=O) groups is 2. The third kappa shape index (κ3) is 5.02. The molecule has 0 saturated heterocycles. The van der Waals surface area contributed by atoms with Gasteiger partial charge in [-0.2, -0.15) is 0 Å². The predicted octanol–water partition coefficient (Wildman–Crippen LogP) is 3.38. The van der Waals surface area contributed by atoms with Gasteiger partial charge in [-0.15, -0.1) is 0 Å². The quantitative estimate of drug-likeness (QED) is 0.797. The van der Waals surface area contributed by atoms with Crippen LogP contribution in [0.15, 0.2) is 24.3 Å². The van der Waals surface area contributed by atoms with Crippen molar-refractivity contribution in [3.8, 4) is 0 Å². The first-order valence-electron chi connectivity index (χ1n) is 7.85. The maximum atomic E-state index is 12.3. The Kier molecular flexibility index (Phi) is 7.96. The molecule has 5 heteroatoms.